The highest BCUT2D eigenvalue weighted by atomic mass is 15.0. The van der Waals surface area contributed by atoms with Crippen LogP contribution >= 0.6 is 0 Å². The molecule has 0 amide bonds. The molecule has 82 valence electrons. The first-order valence-corrected chi connectivity index (χ1v) is 6.44. The zero-order chi connectivity index (χ0) is 10.5. The van der Waals surface area contributed by atoms with E-state index in [0.29, 0.717) is 5.92 Å². The Bertz CT molecular complexity index is 449. The van der Waals surface area contributed by atoms with Crippen molar-refractivity contribution in [1.29, 1.82) is 0 Å². The van der Waals surface area contributed by atoms with Crippen molar-refractivity contribution in [3.8, 4) is 0 Å². The molecule has 1 fully saturated rings. The number of benzene rings is 1. The van der Waals surface area contributed by atoms with Crippen LogP contribution in [0.25, 0.3) is 0 Å². The molecular weight excluding hydrogens is 194 g/mol. The summed E-state index contributed by atoms with van der Waals surface area (Å²) in [5, 5.41) is 3.69. The van der Waals surface area contributed by atoms with Gasteiger partial charge in [0.2, 0.25) is 0 Å². The van der Waals surface area contributed by atoms with Gasteiger partial charge in [0.25, 0.3) is 0 Å². The highest BCUT2D eigenvalue weighted by molar-refractivity contribution is 5.43. The van der Waals surface area contributed by atoms with Crippen molar-refractivity contribution in [2.75, 3.05) is 6.54 Å². The van der Waals surface area contributed by atoms with E-state index in [0.717, 1.165) is 17.9 Å². The molecule has 0 saturated carbocycles. The molecule has 1 nitrogen and oxygen atoms in total. The number of allylic oxidation sites excluding steroid dienone is 2. The Labute approximate surface area is 96.6 Å². The first-order chi connectivity index (χ1) is 7.93. The van der Waals surface area contributed by atoms with E-state index >= 15 is 0 Å². The van der Waals surface area contributed by atoms with Crippen LogP contribution in [0.15, 0.2) is 36.4 Å². The highest BCUT2D eigenvalue weighted by Gasteiger charge is 2.39. The van der Waals surface area contributed by atoms with Gasteiger partial charge in [0.1, 0.15) is 0 Å². The summed E-state index contributed by atoms with van der Waals surface area (Å²) < 4.78 is 0. The number of rotatable bonds is 0. The van der Waals surface area contributed by atoms with Gasteiger partial charge in [0, 0.05) is 17.9 Å². The molecule has 1 aromatic rings. The van der Waals surface area contributed by atoms with E-state index in [1.54, 1.807) is 11.1 Å². The maximum Gasteiger partial charge on any atom is 0.0142 e. The SMILES string of the molecule is C1=CC2c3ccccc3[C@H]3CCN[C@H]3CC12. The van der Waals surface area contributed by atoms with Crippen molar-refractivity contribution >= 4 is 0 Å². The monoisotopic (exact) mass is 211 g/mol. The number of nitrogens with one attached hydrogen (secondary N) is 1. The van der Waals surface area contributed by atoms with E-state index in [9.17, 15) is 0 Å². The molecule has 16 heavy (non-hydrogen) atoms. The molecule has 3 aliphatic rings. The Hall–Kier alpha value is -1.08. The predicted molar refractivity (Wildman–Crippen MR) is 65.6 cm³/mol. The number of fused-ring (bicyclic) bond motifs is 5. The Morgan fingerprint density at radius 1 is 1.06 bits per heavy atom. The van der Waals surface area contributed by atoms with E-state index in [1.807, 2.05) is 0 Å². The predicted octanol–water partition coefficient (Wildman–Crippen LogP) is 2.81. The molecule has 0 spiro atoms. The van der Waals surface area contributed by atoms with Gasteiger partial charge in [0.05, 0.1) is 0 Å². The van der Waals surface area contributed by atoms with Gasteiger partial charge in [-0.3, -0.25) is 0 Å². The lowest BCUT2D eigenvalue weighted by Crippen LogP contribution is -2.28. The summed E-state index contributed by atoms with van der Waals surface area (Å²) in [6.07, 6.45) is 7.45. The van der Waals surface area contributed by atoms with Crippen LogP contribution in [-0.2, 0) is 0 Å². The summed E-state index contributed by atoms with van der Waals surface area (Å²) in [4.78, 5) is 0. The number of hydrogen-bond acceptors (Lipinski definition) is 1. The van der Waals surface area contributed by atoms with Crippen LogP contribution in [0.1, 0.15) is 35.8 Å². The van der Waals surface area contributed by atoms with Crippen molar-refractivity contribution < 1.29 is 0 Å². The Kier molecular flexibility index (Phi) is 1.80. The molecule has 0 aromatic heterocycles. The van der Waals surface area contributed by atoms with Gasteiger partial charge in [-0.2, -0.15) is 0 Å². The molecular formula is C15H17N. The normalized spacial score (nSPS) is 39.2. The summed E-state index contributed by atoms with van der Waals surface area (Å²) >= 11 is 0. The van der Waals surface area contributed by atoms with Gasteiger partial charge >= 0.3 is 0 Å². The van der Waals surface area contributed by atoms with Crippen molar-refractivity contribution in [2.45, 2.75) is 30.7 Å². The fourth-order valence-electron chi connectivity index (χ4n) is 3.77. The van der Waals surface area contributed by atoms with E-state index in [2.05, 4.69) is 41.7 Å². The van der Waals surface area contributed by atoms with Crippen LogP contribution in [0.3, 0.4) is 0 Å². The van der Waals surface area contributed by atoms with E-state index in [-0.39, 0.29) is 0 Å². The second kappa shape index (κ2) is 3.21. The molecule has 2 unspecified atom stereocenters. The third-order valence-electron chi connectivity index (χ3n) is 4.66. The molecule has 1 aromatic carbocycles. The van der Waals surface area contributed by atoms with Crippen molar-refractivity contribution in [2.24, 2.45) is 5.92 Å². The van der Waals surface area contributed by atoms with Gasteiger partial charge in [-0.25, -0.2) is 0 Å². The fourth-order valence-corrected chi connectivity index (χ4v) is 3.77. The van der Waals surface area contributed by atoms with Crippen LogP contribution in [0.2, 0.25) is 0 Å². The molecule has 4 atom stereocenters. The average molecular weight is 211 g/mol. The van der Waals surface area contributed by atoms with Crippen LogP contribution in [-0.4, -0.2) is 12.6 Å². The van der Waals surface area contributed by atoms with Crippen LogP contribution in [0.4, 0.5) is 0 Å². The first-order valence-electron chi connectivity index (χ1n) is 6.44. The van der Waals surface area contributed by atoms with Crippen LogP contribution in [0.5, 0.6) is 0 Å². The van der Waals surface area contributed by atoms with Crippen LogP contribution < -0.4 is 5.32 Å². The van der Waals surface area contributed by atoms with E-state index in [1.165, 1.54) is 19.4 Å². The first kappa shape index (κ1) is 9.00. The standard InChI is InChI=1S/C15H17N/c1-2-4-13-12(3-1)11-6-5-10(11)9-15-14(13)7-8-16-15/h1-6,10-11,14-16H,7-9H2/t10?,11?,14-,15+/m1/s1. The molecule has 1 N–H and O–H groups in total. The quantitative estimate of drug-likeness (QED) is 0.651. The second-order valence-electron chi connectivity index (χ2n) is 5.39. The average Bonchev–Trinajstić information content (AvgIpc) is 2.70. The molecule has 0 bridgehead atoms. The maximum atomic E-state index is 3.69. The van der Waals surface area contributed by atoms with Crippen LogP contribution in [0, 0.1) is 5.92 Å². The zero-order valence-corrected chi connectivity index (χ0v) is 9.39. The Morgan fingerprint density at radius 2 is 1.94 bits per heavy atom. The molecule has 4 rings (SSSR count). The maximum absolute atomic E-state index is 3.69. The van der Waals surface area contributed by atoms with Gasteiger partial charge in [-0.05, 0) is 36.4 Å². The lowest BCUT2D eigenvalue weighted by Gasteiger charge is -2.29. The summed E-state index contributed by atoms with van der Waals surface area (Å²) in [5.41, 5.74) is 3.22. The highest BCUT2D eigenvalue weighted by Crippen LogP contribution is 2.48. The van der Waals surface area contributed by atoms with Gasteiger partial charge in [-0.1, -0.05) is 36.4 Å². The molecule has 0 radical (unpaired) electrons. The minimum atomic E-state index is 0.712. The summed E-state index contributed by atoms with van der Waals surface area (Å²) in [6, 6.07) is 9.83. The summed E-state index contributed by atoms with van der Waals surface area (Å²) in [5.74, 6) is 2.27. The molecule has 1 heteroatoms. The number of hydrogen-bond donors (Lipinski definition) is 1. The topological polar surface area (TPSA) is 12.0 Å². The summed E-state index contributed by atoms with van der Waals surface area (Å²) in [7, 11) is 0. The van der Waals surface area contributed by atoms with Crippen molar-refractivity contribution in [3.05, 3.63) is 47.5 Å². The largest absolute Gasteiger partial charge is 0.313 e. The molecule has 1 heterocycles. The summed E-state index contributed by atoms with van der Waals surface area (Å²) in [6.45, 7) is 1.20. The Morgan fingerprint density at radius 3 is 2.75 bits per heavy atom. The smallest absolute Gasteiger partial charge is 0.0142 e. The second-order valence-corrected chi connectivity index (χ2v) is 5.39. The minimum Gasteiger partial charge on any atom is -0.313 e. The fraction of sp³-hybridized carbons (Fsp3) is 0.467. The van der Waals surface area contributed by atoms with E-state index in [4.69, 9.17) is 0 Å². The van der Waals surface area contributed by atoms with E-state index < -0.39 is 0 Å². The lowest BCUT2D eigenvalue weighted by atomic mass is 9.76. The van der Waals surface area contributed by atoms with Crippen molar-refractivity contribution in [3.63, 3.8) is 0 Å². The Balaban J connectivity index is 1.88. The molecule has 2 aliphatic carbocycles. The molecule has 1 aliphatic heterocycles. The van der Waals surface area contributed by atoms with Gasteiger partial charge < -0.3 is 5.32 Å². The third kappa shape index (κ3) is 1.10. The minimum absolute atomic E-state index is 0.712. The third-order valence-corrected chi connectivity index (χ3v) is 4.66. The molecule has 1 saturated heterocycles. The van der Waals surface area contributed by atoms with Gasteiger partial charge in [-0.15, -0.1) is 0 Å². The zero-order valence-electron chi connectivity index (χ0n) is 9.39. The van der Waals surface area contributed by atoms with Gasteiger partial charge in [0.15, 0.2) is 0 Å². The van der Waals surface area contributed by atoms with Crippen molar-refractivity contribution in [1.82, 2.24) is 5.32 Å². The lowest BCUT2D eigenvalue weighted by molar-refractivity contribution is 0.417.